The Kier molecular flexibility index (Phi) is 7.49. The lowest BCUT2D eigenvalue weighted by atomic mass is 9.66. The minimum absolute atomic E-state index is 0.0885. The van der Waals surface area contributed by atoms with Gasteiger partial charge in [0, 0.05) is 12.5 Å². The summed E-state index contributed by atoms with van der Waals surface area (Å²) < 4.78 is 0. The zero-order chi connectivity index (χ0) is 13.5. The second kappa shape index (κ2) is 7.73. The van der Waals surface area contributed by atoms with E-state index in [1.165, 1.54) is 25.7 Å². The Morgan fingerprint density at radius 1 is 1.12 bits per heavy atom. The number of amides is 1. The first-order chi connectivity index (χ1) is 7.91. The topological polar surface area (TPSA) is 29.1 Å². The van der Waals surface area contributed by atoms with Gasteiger partial charge in [0.25, 0.3) is 0 Å². The Balaban J connectivity index is 4.72. The van der Waals surface area contributed by atoms with Crippen LogP contribution in [0.3, 0.4) is 0 Å². The standard InChI is InChI=1S/C15H31NO/c1-7-10-13(11-8-2)15(5,6)12(4)14(17)16-9-3/h12-13H,7-11H2,1-6H3,(H,16,17). The lowest BCUT2D eigenvalue weighted by Crippen LogP contribution is -2.41. The molecule has 102 valence electrons. The predicted octanol–water partition coefficient (Wildman–Crippen LogP) is 4.00. The third-order valence-electron chi connectivity index (χ3n) is 4.19. The molecule has 0 aliphatic heterocycles. The summed E-state index contributed by atoms with van der Waals surface area (Å²) in [6, 6.07) is 0. The molecule has 1 unspecified atom stereocenters. The lowest BCUT2D eigenvalue weighted by Gasteiger charge is -2.39. The van der Waals surface area contributed by atoms with E-state index in [4.69, 9.17) is 0 Å². The minimum Gasteiger partial charge on any atom is -0.356 e. The Labute approximate surface area is 108 Å². The van der Waals surface area contributed by atoms with Crippen LogP contribution in [0, 0.1) is 17.3 Å². The molecule has 17 heavy (non-hydrogen) atoms. The highest BCUT2D eigenvalue weighted by molar-refractivity contribution is 5.79. The SMILES string of the molecule is CCCC(CCC)C(C)(C)C(C)C(=O)NCC. The lowest BCUT2D eigenvalue weighted by molar-refractivity contribution is -0.129. The molecular weight excluding hydrogens is 210 g/mol. The van der Waals surface area contributed by atoms with E-state index in [2.05, 4.69) is 39.9 Å². The van der Waals surface area contributed by atoms with Gasteiger partial charge >= 0.3 is 0 Å². The van der Waals surface area contributed by atoms with E-state index in [0.717, 1.165) is 6.54 Å². The van der Waals surface area contributed by atoms with Gasteiger partial charge in [-0.3, -0.25) is 4.79 Å². The van der Waals surface area contributed by atoms with Crippen LogP contribution in [0.4, 0.5) is 0 Å². The normalized spacial score (nSPS) is 13.8. The van der Waals surface area contributed by atoms with E-state index >= 15 is 0 Å². The largest absolute Gasteiger partial charge is 0.356 e. The molecule has 0 aromatic heterocycles. The van der Waals surface area contributed by atoms with E-state index in [9.17, 15) is 4.79 Å². The molecule has 0 heterocycles. The summed E-state index contributed by atoms with van der Waals surface area (Å²) in [5, 5.41) is 2.95. The van der Waals surface area contributed by atoms with Crippen molar-refractivity contribution in [2.24, 2.45) is 17.3 Å². The third kappa shape index (κ3) is 4.69. The number of nitrogens with one attached hydrogen (secondary N) is 1. The zero-order valence-electron chi connectivity index (χ0n) is 12.6. The van der Waals surface area contributed by atoms with Crippen LogP contribution >= 0.6 is 0 Å². The number of carbonyl (C=O) groups is 1. The molecule has 2 nitrogen and oxygen atoms in total. The molecule has 1 atom stereocenters. The molecule has 1 amide bonds. The third-order valence-corrected chi connectivity index (χ3v) is 4.19. The Morgan fingerprint density at radius 3 is 1.94 bits per heavy atom. The molecule has 0 saturated carbocycles. The van der Waals surface area contributed by atoms with Gasteiger partial charge in [-0.25, -0.2) is 0 Å². The molecule has 0 spiro atoms. The predicted molar refractivity (Wildman–Crippen MR) is 74.9 cm³/mol. The molecule has 0 fully saturated rings. The number of carbonyl (C=O) groups excluding carboxylic acids is 1. The van der Waals surface area contributed by atoms with E-state index in [1.54, 1.807) is 0 Å². The summed E-state index contributed by atoms with van der Waals surface area (Å²) in [6.07, 6.45) is 4.86. The highest BCUT2D eigenvalue weighted by Crippen LogP contribution is 2.40. The molecule has 0 aliphatic carbocycles. The van der Waals surface area contributed by atoms with Crippen molar-refractivity contribution < 1.29 is 4.79 Å². The van der Waals surface area contributed by atoms with Crippen LogP contribution in [-0.2, 0) is 4.79 Å². The van der Waals surface area contributed by atoms with E-state index in [1.807, 2.05) is 6.92 Å². The molecular formula is C15H31NO. The summed E-state index contributed by atoms with van der Waals surface area (Å²) in [5.74, 6) is 0.940. The van der Waals surface area contributed by atoms with Crippen molar-refractivity contribution in [3.63, 3.8) is 0 Å². The maximum absolute atomic E-state index is 12.0. The van der Waals surface area contributed by atoms with Gasteiger partial charge in [-0.1, -0.05) is 60.3 Å². The van der Waals surface area contributed by atoms with Crippen LogP contribution in [0.15, 0.2) is 0 Å². The molecule has 0 aliphatic rings. The van der Waals surface area contributed by atoms with Crippen LogP contribution in [0.2, 0.25) is 0 Å². The van der Waals surface area contributed by atoms with E-state index in [-0.39, 0.29) is 17.2 Å². The minimum atomic E-state index is 0.0885. The summed E-state index contributed by atoms with van der Waals surface area (Å²) >= 11 is 0. The van der Waals surface area contributed by atoms with Gasteiger partial charge in [0.15, 0.2) is 0 Å². The fourth-order valence-electron chi connectivity index (χ4n) is 2.60. The van der Waals surface area contributed by atoms with Crippen molar-refractivity contribution in [3.8, 4) is 0 Å². The monoisotopic (exact) mass is 241 g/mol. The second-order valence-electron chi connectivity index (χ2n) is 5.71. The summed E-state index contributed by atoms with van der Waals surface area (Å²) in [7, 11) is 0. The molecule has 0 saturated heterocycles. The number of rotatable bonds is 8. The van der Waals surface area contributed by atoms with Gasteiger partial charge < -0.3 is 5.32 Å². The van der Waals surface area contributed by atoms with Gasteiger partial charge in [0.05, 0.1) is 0 Å². The summed E-state index contributed by atoms with van der Waals surface area (Å²) in [4.78, 5) is 12.0. The Hall–Kier alpha value is -0.530. The molecule has 1 N–H and O–H groups in total. The van der Waals surface area contributed by atoms with Crippen LogP contribution in [0.1, 0.15) is 67.2 Å². The van der Waals surface area contributed by atoms with Gasteiger partial charge in [0.1, 0.15) is 0 Å². The van der Waals surface area contributed by atoms with Crippen LogP contribution in [0.25, 0.3) is 0 Å². The quantitative estimate of drug-likeness (QED) is 0.683. The maximum Gasteiger partial charge on any atom is 0.223 e. The van der Waals surface area contributed by atoms with Gasteiger partial charge in [-0.05, 0) is 18.3 Å². The van der Waals surface area contributed by atoms with Gasteiger partial charge in [0.2, 0.25) is 5.91 Å². The molecule has 0 aromatic carbocycles. The molecule has 0 radical (unpaired) electrons. The molecule has 0 rings (SSSR count). The van der Waals surface area contributed by atoms with E-state index < -0.39 is 0 Å². The van der Waals surface area contributed by atoms with Crippen LogP contribution in [0.5, 0.6) is 0 Å². The van der Waals surface area contributed by atoms with Crippen molar-refractivity contribution in [2.75, 3.05) is 6.54 Å². The van der Waals surface area contributed by atoms with Crippen LogP contribution < -0.4 is 5.32 Å². The Morgan fingerprint density at radius 2 is 1.59 bits per heavy atom. The van der Waals surface area contributed by atoms with Gasteiger partial charge in [-0.2, -0.15) is 0 Å². The number of hydrogen-bond donors (Lipinski definition) is 1. The summed E-state index contributed by atoms with van der Waals surface area (Å²) in [5.41, 5.74) is 0.0886. The average molecular weight is 241 g/mol. The highest BCUT2D eigenvalue weighted by Gasteiger charge is 2.37. The smallest absolute Gasteiger partial charge is 0.223 e. The average Bonchev–Trinajstić information content (AvgIpc) is 2.28. The first-order valence-corrected chi connectivity index (χ1v) is 7.19. The first kappa shape index (κ1) is 16.5. The van der Waals surface area contributed by atoms with Crippen molar-refractivity contribution in [2.45, 2.75) is 67.2 Å². The molecule has 2 heteroatoms. The van der Waals surface area contributed by atoms with Crippen molar-refractivity contribution in [1.29, 1.82) is 0 Å². The van der Waals surface area contributed by atoms with Crippen molar-refractivity contribution >= 4 is 5.91 Å². The molecule has 0 aromatic rings. The van der Waals surface area contributed by atoms with Crippen molar-refractivity contribution in [1.82, 2.24) is 5.32 Å². The highest BCUT2D eigenvalue weighted by atomic mass is 16.1. The Bertz CT molecular complexity index is 217. The van der Waals surface area contributed by atoms with Crippen molar-refractivity contribution in [3.05, 3.63) is 0 Å². The summed E-state index contributed by atoms with van der Waals surface area (Å²) in [6.45, 7) is 13.7. The first-order valence-electron chi connectivity index (χ1n) is 7.19. The fourth-order valence-corrected chi connectivity index (χ4v) is 2.60. The van der Waals surface area contributed by atoms with Gasteiger partial charge in [-0.15, -0.1) is 0 Å². The zero-order valence-corrected chi connectivity index (χ0v) is 12.6. The van der Waals surface area contributed by atoms with E-state index in [0.29, 0.717) is 5.92 Å². The van der Waals surface area contributed by atoms with Crippen LogP contribution in [-0.4, -0.2) is 12.5 Å². The number of hydrogen-bond acceptors (Lipinski definition) is 1. The fraction of sp³-hybridized carbons (Fsp3) is 0.933. The second-order valence-corrected chi connectivity index (χ2v) is 5.71. The maximum atomic E-state index is 12.0. The molecule has 0 bridgehead atoms.